The van der Waals surface area contributed by atoms with E-state index in [1.54, 1.807) is 0 Å². The predicted molar refractivity (Wildman–Crippen MR) is 99.4 cm³/mol. The molecular weight excluding hydrogens is 442 g/mol. The van der Waals surface area contributed by atoms with Gasteiger partial charge in [0.2, 0.25) is 0 Å². The highest BCUT2D eigenvalue weighted by atomic mass is 19.4. The summed E-state index contributed by atoms with van der Waals surface area (Å²) in [5, 5.41) is 0. The lowest BCUT2D eigenvalue weighted by molar-refractivity contribution is -0.143. The summed E-state index contributed by atoms with van der Waals surface area (Å²) in [7, 11) is 1.13. The van der Waals surface area contributed by atoms with E-state index >= 15 is 0 Å². The average Bonchev–Trinajstić information content (AvgIpc) is 2.76. The number of esters is 1. The SMILES string of the molecule is COC(=O)/C(=C/c1ccnc(-c2cc(C(F)(F)F)cc(C(F)(F)F)c2)n1)c1cncnc1. The molecule has 0 saturated carbocycles. The summed E-state index contributed by atoms with van der Waals surface area (Å²) in [5.74, 6) is -1.18. The Labute approximate surface area is 176 Å². The van der Waals surface area contributed by atoms with E-state index in [0.29, 0.717) is 12.1 Å². The van der Waals surface area contributed by atoms with Gasteiger partial charge in [0.1, 0.15) is 6.33 Å². The van der Waals surface area contributed by atoms with E-state index in [1.807, 2.05) is 0 Å². The Bertz CT molecular complexity index is 1130. The molecule has 2 heterocycles. The van der Waals surface area contributed by atoms with Crippen molar-refractivity contribution < 1.29 is 35.9 Å². The highest BCUT2D eigenvalue weighted by molar-refractivity contribution is 6.21. The van der Waals surface area contributed by atoms with Crippen molar-refractivity contribution in [3.63, 3.8) is 0 Å². The zero-order valence-electron chi connectivity index (χ0n) is 16.1. The Morgan fingerprint density at radius 1 is 0.969 bits per heavy atom. The summed E-state index contributed by atoms with van der Waals surface area (Å²) in [5.41, 5.74) is -3.22. The third-order valence-corrected chi connectivity index (χ3v) is 4.09. The van der Waals surface area contributed by atoms with E-state index in [2.05, 4.69) is 19.9 Å². The minimum absolute atomic E-state index is 0.0119. The van der Waals surface area contributed by atoms with Crippen molar-refractivity contribution in [3.05, 3.63) is 71.6 Å². The van der Waals surface area contributed by atoms with Crippen LogP contribution in [0, 0.1) is 0 Å². The number of hydrogen-bond donors (Lipinski definition) is 0. The van der Waals surface area contributed by atoms with Crippen LogP contribution in [0.3, 0.4) is 0 Å². The summed E-state index contributed by atoms with van der Waals surface area (Å²) in [6.45, 7) is 0. The molecular formula is C20H12F6N4O2. The van der Waals surface area contributed by atoms with Gasteiger partial charge in [0.15, 0.2) is 5.82 Å². The van der Waals surface area contributed by atoms with Gasteiger partial charge in [0, 0.05) is 29.7 Å². The predicted octanol–water partition coefficient (Wildman–Crippen LogP) is 4.68. The zero-order chi connectivity index (χ0) is 23.5. The van der Waals surface area contributed by atoms with Gasteiger partial charge in [-0.15, -0.1) is 0 Å². The molecule has 2 aromatic heterocycles. The molecule has 0 spiro atoms. The number of aromatic nitrogens is 4. The van der Waals surface area contributed by atoms with Gasteiger partial charge in [0.05, 0.1) is 29.5 Å². The summed E-state index contributed by atoms with van der Waals surface area (Å²) < 4.78 is 83.5. The van der Waals surface area contributed by atoms with Crippen LogP contribution in [0.4, 0.5) is 26.3 Å². The Morgan fingerprint density at radius 2 is 1.56 bits per heavy atom. The van der Waals surface area contributed by atoms with Gasteiger partial charge in [-0.2, -0.15) is 26.3 Å². The number of methoxy groups -OCH3 is 1. The second kappa shape index (κ2) is 8.73. The van der Waals surface area contributed by atoms with E-state index in [0.717, 1.165) is 13.3 Å². The second-order valence-corrected chi connectivity index (χ2v) is 6.28. The first-order valence-corrected chi connectivity index (χ1v) is 8.67. The molecule has 6 nitrogen and oxygen atoms in total. The van der Waals surface area contributed by atoms with Crippen molar-refractivity contribution in [2.24, 2.45) is 0 Å². The smallest absolute Gasteiger partial charge is 0.416 e. The van der Waals surface area contributed by atoms with E-state index in [-0.39, 0.29) is 22.9 Å². The molecule has 3 aromatic rings. The van der Waals surface area contributed by atoms with Crippen molar-refractivity contribution in [1.29, 1.82) is 0 Å². The fourth-order valence-corrected chi connectivity index (χ4v) is 2.63. The number of rotatable bonds is 4. The average molecular weight is 454 g/mol. The first-order chi connectivity index (χ1) is 15.0. The lowest BCUT2D eigenvalue weighted by Gasteiger charge is -2.14. The van der Waals surface area contributed by atoms with Crippen molar-refractivity contribution in [3.8, 4) is 11.4 Å². The number of ether oxygens (including phenoxy) is 1. The fourth-order valence-electron chi connectivity index (χ4n) is 2.63. The van der Waals surface area contributed by atoms with E-state index in [4.69, 9.17) is 4.74 Å². The molecule has 0 radical (unpaired) electrons. The standard InChI is InChI=1S/C20H12F6N4O2/c1-32-18(31)16(12-8-27-10-28-9-12)7-15-2-3-29-17(30-15)11-4-13(19(21,22)23)6-14(5-11)20(24,25)26/h2-10H,1H3/b16-7+. The summed E-state index contributed by atoms with van der Waals surface area (Å²) in [6.07, 6.45) is -3.79. The van der Waals surface area contributed by atoms with Gasteiger partial charge in [-0.1, -0.05) is 0 Å². The fraction of sp³-hybridized carbons (Fsp3) is 0.150. The van der Waals surface area contributed by atoms with E-state index < -0.39 is 40.8 Å². The van der Waals surface area contributed by atoms with Crippen LogP contribution >= 0.6 is 0 Å². The Hall–Kier alpha value is -3.83. The lowest BCUT2D eigenvalue weighted by atomic mass is 10.0. The van der Waals surface area contributed by atoms with Gasteiger partial charge in [-0.3, -0.25) is 0 Å². The van der Waals surface area contributed by atoms with Crippen LogP contribution in [0.25, 0.3) is 23.0 Å². The Kier molecular flexibility index (Phi) is 6.23. The molecule has 32 heavy (non-hydrogen) atoms. The number of benzene rings is 1. The molecule has 3 rings (SSSR count). The molecule has 0 atom stereocenters. The molecule has 0 unspecified atom stereocenters. The number of halogens is 6. The zero-order valence-corrected chi connectivity index (χ0v) is 16.1. The highest BCUT2D eigenvalue weighted by Crippen LogP contribution is 2.38. The first-order valence-electron chi connectivity index (χ1n) is 8.67. The van der Waals surface area contributed by atoms with Crippen molar-refractivity contribution in [1.82, 2.24) is 19.9 Å². The topological polar surface area (TPSA) is 77.9 Å². The van der Waals surface area contributed by atoms with Crippen molar-refractivity contribution >= 4 is 17.6 Å². The normalized spacial score (nSPS) is 12.5. The largest absolute Gasteiger partial charge is 0.465 e. The Morgan fingerprint density at radius 3 is 2.09 bits per heavy atom. The summed E-state index contributed by atoms with van der Waals surface area (Å²) >= 11 is 0. The molecule has 0 amide bonds. The first kappa shape index (κ1) is 22.8. The molecule has 166 valence electrons. The van der Waals surface area contributed by atoms with E-state index in [1.165, 1.54) is 30.9 Å². The van der Waals surface area contributed by atoms with E-state index in [9.17, 15) is 31.1 Å². The van der Waals surface area contributed by atoms with Crippen LogP contribution in [0.5, 0.6) is 0 Å². The maximum atomic E-state index is 13.1. The molecule has 12 heteroatoms. The second-order valence-electron chi connectivity index (χ2n) is 6.28. The quantitative estimate of drug-likeness (QED) is 0.324. The minimum atomic E-state index is -5.01. The Balaban J connectivity index is 2.13. The minimum Gasteiger partial charge on any atom is -0.465 e. The highest BCUT2D eigenvalue weighted by Gasteiger charge is 2.37. The number of carbonyl (C=O) groups excluding carboxylic acids is 1. The number of nitrogens with zero attached hydrogens (tertiary/aromatic N) is 4. The molecule has 0 aliphatic heterocycles. The molecule has 0 bridgehead atoms. The van der Waals surface area contributed by atoms with Crippen molar-refractivity contribution in [2.45, 2.75) is 12.4 Å². The molecule has 0 N–H and O–H groups in total. The molecule has 0 fully saturated rings. The van der Waals surface area contributed by atoms with Gasteiger partial charge in [-0.25, -0.2) is 24.7 Å². The number of carbonyl (C=O) groups is 1. The monoisotopic (exact) mass is 454 g/mol. The van der Waals surface area contributed by atoms with Crippen molar-refractivity contribution in [2.75, 3.05) is 7.11 Å². The molecule has 1 aromatic carbocycles. The maximum absolute atomic E-state index is 13.1. The molecule has 0 saturated heterocycles. The van der Waals surface area contributed by atoms with Gasteiger partial charge in [0.25, 0.3) is 0 Å². The van der Waals surface area contributed by atoms with Crippen LogP contribution in [0.2, 0.25) is 0 Å². The van der Waals surface area contributed by atoms with Gasteiger partial charge in [-0.05, 0) is 30.3 Å². The van der Waals surface area contributed by atoms with Gasteiger partial charge < -0.3 is 4.74 Å². The summed E-state index contributed by atoms with van der Waals surface area (Å²) in [6, 6.07) is 2.36. The van der Waals surface area contributed by atoms with Gasteiger partial charge >= 0.3 is 18.3 Å². The maximum Gasteiger partial charge on any atom is 0.416 e. The lowest BCUT2D eigenvalue weighted by Crippen LogP contribution is -2.11. The number of alkyl halides is 6. The van der Waals surface area contributed by atoms with Crippen LogP contribution in [0.1, 0.15) is 22.4 Å². The number of hydrogen-bond acceptors (Lipinski definition) is 6. The third-order valence-electron chi connectivity index (χ3n) is 4.09. The van der Waals surface area contributed by atoms with Crippen LogP contribution in [-0.4, -0.2) is 33.0 Å². The molecule has 0 aliphatic carbocycles. The summed E-state index contributed by atoms with van der Waals surface area (Å²) in [4.78, 5) is 27.5. The van der Waals surface area contributed by atoms with Crippen LogP contribution < -0.4 is 0 Å². The van der Waals surface area contributed by atoms with Crippen LogP contribution in [0.15, 0.2) is 49.2 Å². The molecule has 0 aliphatic rings. The van der Waals surface area contributed by atoms with Crippen LogP contribution in [-0.2, 0) is 21.9 Å². The third kappa shape index (κ3) is 5.25.